The van der Waals surface area contributed by atoms with Crippen molar-refractivity contribution in [2.24, 2.45) is 29.6 Å². The van der Waals surface area contributed by atoms with E-state index in [-0.39, 0.29) is 42.5 Å². The van der Waals surface area contributed by atoms with Gasteiger partial charge in [0.15, 0.2) is 0 Å². The summed E-state index contributed by atoms with van der Waals surface area (Å²) in [4.78, 5) is 54.5. The van der Waals surface area contributed by atoms with E-state index in [2.05, 4.69) is 0 Å². The highest BCUT2D eigenvalue weighted by atomic mass is 16.5. The van der Waals surface area contributed by atoms with Crippen LogP contribution in [0, 0.1) is 43.4 Å². The third-order valence-corrected chi connectivity index (χ3v) is 8.57. The van der Waals surface area contributed by atoms with Crippen molar-refractivity contribution in [3.05, 3.63) is 53.6 Å². The van der Waals surface area contributed by atoms with Gasteiger partial charge in [-0.15, -0.1) is 0 Å². The minimum atomic E-state index is -0.557. The van der Waals surface area contributed by atoms with Gasteiger partial charge in [-0.1, -0.05) is 12.1 Å². The van der Waals surface area contributed by atoms with Gasteiger partial charge >= 0.3 is 5.97 Å². The second kappa shape index (κ2) is 8.04. The molecule has 2 aromatic rings. The quantitative estimate of drug-likeness (QED) is 0.384. The first-order valence-corrected chi connectivity index (χ1v) is 12.4. The topological polar surface area (TPSA) is 84.0 Å². The van der Waals surface area contributed by atoms with Crippen LogP contribution in [0.4, 0.5) is 11.4 Å². The summed E-state index contributed by atoms with van der Waals surface area (Å²) >= 11 is 0. The average Bonchev–Trinajstić information content (AvgIpc) is 3.60. The summed E-state index contributed by atoms with van der Waals surface area (Å²) in [6.07, 6.45) is 3.18. The Bertz CT molecular complexity index is 1220. The number of carbonyl (C=O) groups is 4. The Balaban J connectivity index is 1.13. The number of anilines is 2. The van der Waals surface area contributed by atoms with Crippen molar-refractivity contribution in [3.8, 4) is 5.75 Å². The van der Waals surface area contributed by atoms with Gasteiger partial charge in [0.05, 0.1) is 23.4 Å². The SMILES string of the molecule is Cc1cccc(N2C[C@H](C(=O)Oc3ccc(N4C(=O)[C@@H]5[C@H]6CC[C@@H](C6)[C@H]5C4=O)cc3)CC2=O)c1C. The first-order valence-electron chi connectivity index (χ1n) is 12.4. The van der Waals surface area contributed by atoms with Crippen LogP contribution in [0.5, 0.6) is 5.75 Å². The van der Waals surface area contributed by atoms with E-state index in [1.807, 2.05) is 32.0 Å². The fraction of sp³-hybridized carbons (Fsp3) is 0.429. The molecule has 2 bridgehead atoms. The first-order chi connectivity index (χ1) is 16.8. The third kappa shape index (κ3) is 3.39. The molecule has 2 aromatic carbocycles. The second-order valence-corrected chi connectivity index (χ2v) is 10.4. The Morgan fingerprint density at radius 2 is 1.57 bits per heavy atom. The highest BCUT2D eigenvalue weighted by molar-refractivity contribution is 6.22. The third-order valence-electron chi connectivity index (χ3n) is 8.57. The lowest BCUT2D eigenvalue weighted by atomic mass is 9.81. The van der Waals surface area contributed by atoms with Crippen molar-refractivity contribution in [1.82, 2.24) is 0 Å². The molecule has 2 heterocycles. The lowest BCUT2D eigenvalue weighted by Gasteiger charge is -2.20. The zero-order chi connectivity index (χ0) is 24.4. The number of hydrogen-bond acceptors (Lipinski definition) is 5. The number of amides is 3. The van der Waals surface area contributed by atoms with E-state index in [0.717, 1.165) is 36.1 Å². The van der Waals surface area contributed by atoms with Crippen LogP contribution < -0.4 is 14.5 Å². The van der Waals surface area contributed by atoms with Gasteiger partial charge in [0.1, 0.15) is 5.75 Å². The van der Waals surface area contributed by atoms with E-state index in [4.69, 9.17) is 4.74 Å². The number of rotatable bonds is 4. The van der Waals surface area contributed by atoms with E-state index in [9.17, 15) is 19.2 Å². The standard InChI is InChI=1S/C28H28N2O5/c1-15-4-3-5-22(16(15)2)29-14-19(13-23(29)31)28(34)35-21-10-8-20(9-11-21)30-26(32)24-17-6-7-18(12-17)25(24)27(30)33/h3-5,8-11,17-19,24-25H,6-7,12-14H2,1-2H3/t17-,18-,19+,24+,25+/m0/s1. The second-order valence-electron chi connectivity index (χ2n) is 10.4. The molecule has 0 spiro atoms. The monoisotopic (exact) mass is 472 g/mol. The molecule has 2 aliphatic carbocycles. The summed E-state index contributed by atoms with van der Waals surface area (Å²) in [7, 11) is 0. The van der Waals surface area contributed by atoms with Crippen LogP contribution in [-0.2, 0) is 19.2 Å². The molecule has 3 amide bonds. The van der Waals surface area contributed by atoms with Crippen molar-refractivity contribution in [1.29, 1.82) is 0 Å². The Hall–Kier alpha value is -3.48. The predicted octanol–water partition coefficient (Wildman–Crippen LogP) is 3.80. The van der Waals surface area contributed by atoms with Gasteiger partial charge in [-0.05, 0) is 86.4 Å². The van der Waals surface area contributed by atoms with Crippen LogP contribution in [0.1, 0.15) is 36.8 Å². The largest absolute Gasteiger partial charge is 0.426 e. The number of esters is 1. The Morgan fingerprint density at radius 1 is 0.914 bits per heavy atom. The number of aryl methyl sites for hydroxylation is 1. The van der Waals surface area contributed by atoms with Crippen LogP contribution in [0.15, 0.2) is 42.5 Å². The highest BCUT2D eigenvalue weighted by Crippen LogP contribution is 2.56. The summed E-state index contributed by atoms with van der Waals surface area (Å²) in [6, 6.07) is 12.3. The van der Waals surface area contributed by atoms with E-state index in [1.165, 1.54) is 4.90 Å². The number of hydrogen-bond donors (Lipinski definition) is 0. The molecule has 0 unspecified atom stereocenters. The van der Waals surface area contributed by atoms with E-state index in [0.29, 0.717) is 23.3 Å². The highest BCUT2D eigenvalue weighted by Gasteiger charge is 2.61. The molecular weight excluding hydrogens is 444 g/mol. The lowest BCUT2D eigenvalue weighted by molar-refractivity contribution is -0.139. The maximum Gasteiger partial charge on any atom is 0.316 e. The van der Waals surface area contributed by atoms with Crippen molar-refractivity contribution in [2.75, 3.05) is 16.3 Å². The summed E-state index contributed by atoms with van der Waals surface area (Å²) in [6.45, 7) is 4.25. The molecule has 2 aliphatic heterocycles. The van der Waals surface area contributed by atoms with Gasteiger partial charge in [0.25, 0.3) is 0 Å². The van der Waals surface area contributed by atoms with Gasteiger partial charge < -0.3 is 9.64 Å². The minimum Gasteiger partial charge on any atom is -0.426 e. The average molecular weight is 473 g/mol. The molecular formula is C28H28N2O5. The number of nitrogens with zero attached hydrogens (tertiary/aromatic N) is 2. The molecule has 0 radical (unpaired) electrons. The van der Waals surface area contributed by atoms with Gasteiger partial charge in [0, 0.05) is 18.7 Å². The molecule has 4 fully saturated rings. The molecule has 5 atom stereocenters. The number of carbonyl (C=O) groups excluding carboxylic acids is 4. The Labute approximate surface area is 204 Å². The number of benzene rings is 2. The van der Waals surface area contributed by atoms with Gasteiger partial charge in [0.2, 0.25) is 17.7 Å². The van der Waals surface area contributed by atoms with Gasteiger partial charge in [-0.2, -0.15) is 0 Å². The molecule has 35 heavy (non-hydrogen) atoms. The van der Waals surface area contributed by atoms with Crippen LogP contribution in [-0.4, -0.2) is 30.2 Å². The van der Waals surface area contributed by atoms with E-state index >= 15 is 0 Å². The molecule has 7 heteroatoms. The molecule has 2 saturated heterocycles. The minimum absolute atomic E-state index is 0.0899. The molecule has 0 aromatic heterocycles. The van der Waals surface area contributed by atoms with Crippen molar-refractivity contribution < 1.29 is 23.9 Å². The predicted molar refractivity (Wildman–Crippen MR) is 129 cm³/mol. The van der Waals surface area contributed by atoms with Crippen LogP contribution in [0.25, 0.3) is 0 Å². The zero-order valence-corrected chi connectivity index (χ0v) is 19.9. The van der Waals surface area contributed by atoms with E-state index < -0.39 is 11.9 Å². The zero-order valence-electron chi connectivity index (χ0n) is 19.9. The molecule has 6 rings (SSSR count). The van der Waals surface area contributed by atoms with Crippen molar-refractivity contribution in [3.63, 3.8) is 0 Å². The summed E-state index contributed by atoms with van der Waals surface area (Å²) in [5.41, 5.74) is 3.46. The summed E-state index contributed by atoms with van der Waals surface area (Å²) in [5.74, 6) is -0.625. The lowest BCUT2D eigenvalue weighted by Crippen LogP contribution is -2.32. The maximum atomic E-state index is 13.0. The van der Waals surface area contributed by atoms with Crippen molar-refractivity contribution >= 4 is 35.1 Å². The summed E-state index contributed by atoms with van der Waals surface area (Å²) < 4.78 is 5.57. The molecule has 180 valence electrons. The van der Waals surface area contributed by atoms with Crippen molar-refractivity contribution in [2.45, 2.75) is 39.5 Å². The first kappa shape index (κ1) is 22.0. The maximum absolute atomic E-state index is 13.0. The fourth-order valence-corrected chi connectivity index (χ4v) is 6.65. The van der Waals surface area contributed by atoms with Crippen LogP contribution in [0.3, 0.4) is 0 Å². The van der Waals surface area contributed by atoms with E-state index in [1.54, 1.807) is 29.2 Å². The molecule has 7 nitrogen and oxygen atoms in total. The number of ether oxygens (including phenoxy) is 1. The fourth-order valence-electron chi connectivity index (χ4n) is 6.65. The molecule has 0 N–H and O–H groups in total. The smallest absolute Gasteiger partial charge is 0.316 e. The van der Waals surface area contributed by atoms with Crippen LogP contribution >= 0.6 is 0 Å². The van der Waals surface area contributed by atoms with Gasteiger partial charge in [-0.3, -0.25) is 24.1 Å². The van der Waals surface area contributed by atoms with Crippen LogP contribution in [0.2, 0.25) is 0 Å². The Morgan fingerprint density at radius 3 is 2.23 bits per heavy atom. The molecule has 4 aliphatic rings. The number of fused-ring (bicyclic) bond motifs is 5. The summed E-state index contributed by atoms with van der Waals surface area (Å²) in [5, 5.41) is 0. The number of imide groups is 1. The Kier molecular flexibility index (Phi) is 5.06. The molecule has 2 saturated carbocycles. The van der Waals surface area contributed by atoms with Gasteiger partial charge in [-0.25, -0.2) is 0 Å². The normalized spacial score (nSPS) is 29.3.